The van der Waals surface area contributed by atoms with Crippen molar-refractivity contribution in [2.24, 2.45) is 0 Å². The van der Waals surface area contributed by atoms with Crippen molar-refractivity contribution in [3.05, 3.63) is 0 Å². The van der Waals surface area contributed by atoms with Crippen LogP contribution in [0.25, 0.3) is 0 Å². The van der Waals surface area contributed by atoms with Gasteiger partial charge in [-0.25, -0.2) is 0 Å². The largest absolute Gasteiger partial charge is 0.459 e. The van der Waals surface area contributed by atoms with E-state index < -0.39 is 35.2 Å². The molecule has 2 aliphatic heterocycles. The van der Waals surface area contributed by atoms with E-state index >= 15 is 0 Å². The summed E-state index contributed by atoms with van der Waals surface area (Å²) >= 11 is 0. The van der Waals surface area contributed by atoms with Crippen LogP contribution in [0.3, 0.4) is 0 Å². The van der Waals surface area contributed by atoms with Gasteiger partial charge >= 0.3 is 29.6 Å². The van der Waals surface area contributed by atoms with Crippen LogP contribution in [0, 0.1) is 0 Å². The molecule has 0 bridgehead atoms. The molecule has 0 radical (unpaired) electrons. The molecule has 0 unspecified atom stereocenters. The average Bonchev–Trinajstić information content (AvgIpc) is 2.60. The molecule has 1 N–H and O–H groups in total. The van der Waals surface area contributed by atoms with E-state index in [1.807, 2.05) is 13.8 Å². The Hall–Kier alpha value is -2.65. The molecule has 2 aliphatic rings. The smallest absolute Gasteiger partial charge is 0.326 e. The van der Waals surface area contributed by atoms with Crippen LogP contribution < -0.4 is 5.32 Å². The van der Waals surface area contributed by atoms with Gasteiger partial charge in [0.05, 0.1) is 0 Å². The summed E-state index contributed by atoms with van der Waals surface area (Å²) in [5.74, 6) is -2.56. The number of piperazine rings is 2. The van der Waals surface area contributed by atoms with Crippen LogP contribution in [0.5, 0.6) is 0 Å². The van der Waals surface area contributed by atoms with Gasteiger partial charge in [-0.05, 0) is 34.6 Å². The molecule has 0 spiro atoms. The number of likely N-dealkylation sites (N-methyl/N-ethyl adjacent to an activating group) is 2. The van der Waals surface area contributed by atoms with Crippen molar-refractivity contribution >= 4 is 29.6 Å². The van der Waals surface area contributed by atoms with E-state index in [-0.39, 0.29) is 6.54 Å². The minimum Gasteiger partial charge on any atom is -0.459 e. The minimum atomic E-state index is -0.631. The summed E-state index contributed by atoms with van der Waals surface area (Å²) in [7, 11) is 0. The van der Waals surface area contributed by atoms with E-state index in [1.165, 1.54) is 14.7 Å². The van der Waals surface area contributed by atoms with Gasteiger partial charge in [0, 0.05) is 39.3 Å². The van der Waals surface area contributed by atoms with E-state index in [0.717, 1.165) is 0 Å². The van der Waals surface area contributed by atoms with Gasteiger partial charge in [-0.1, -0.05) is 0 Å². The number of hydrogen-bond donors (Lipinski definition) is 1. The molecule has 158 valence electrons. The Morgan fingerprint density at radius 2 is 1.39 bits per heavy atom. The lowest BCUT2D eigenvalue weighted by molar-refractivity contribution is -0.164. The molecule has 0 atom stereocenters. The molecule has 0 aliphatic carbocycles. The molecule has 2 saturated heterocycles. The molecule has 2 fully saturated rings. The van der Waals surface area contributed by atoms with Gasteiger partial charge < -0.3 is 24.8 Å². The number of nitrogens with zero attached hydrogens (tertiary/aromatic N) is 3. The third-order valence-electron chi connectivity index (χ3n) is 4.05. The van der Waals surface area contributed by atoms with Crippen molar-refractivity contribution in [2.75, 3.05) is 45.8 Å². The van der Waals surface area contributed by atoms with Crippen molar-refractivity contribution in [3.8, 4) is 0 Å². The van der Waals surface area contributed by atoms with E-state index in [9.17, 15) is 24.0 Å². The lowest BCUT2D eigenvalue weighted by Crippen LogP contribution is -2.55. The summed E-state index contributed by atoms with van der Waals surface area (Å²) in [5.41, 5.74) is -0.588. The van der Waals surface area contributed by atoms with E-state index in [0.29, 0.717) is 39.3 Å². The maximum Gasteiger partial charge on any atom is 0.326 e. The molecular formula is C18H30N4O6. The van der Waals surface area contributed by atoms with Crippen LogP contribution in [-0.2, 0) is 28.7 Å². The number of carbonyl (C=O) groups excluding carboxylic acids is 5. The fourth-order valence-electron chi connectivity index (χ4n) is 2.62. The van der Waals surface area contributed by atoms with Gasteiger partial charge in [-0.2, -0.15) is 0 Å². The first-order valence-corrected chi connectivity index (χ1v) is 9.37. The van der Waals surface area contributed by atoms with Gasteiger partial charge in [-0.3, -0.25) is 24.0 Å². The monoisotopic (exact) mass is 398 g/mol. The SMILES string of the molecule is CCN1CCN(CC(=O)OC(C)(C)C)C(=O)C1=O.CCN1CCNC(=O)C1=O. The maximum absolute atomic E-state index is 11.7. The normalized spacial score (nSPS) is 17.8. The third kappa shape index (κ3) is 6.82. The number of rotatable bonds is 4. The molecule has 0 aromatic carbocycles. The van der Waals surface area contributed by atoms with Crippen molar-refractivity contribution in [2.45, 2.75) is 40.2 Å². The van der Waals surface area contributed by atoms with Crippen LogP contribution in [0.2, 0.25) is 0 Å². The summed E-state index contributed by atoms with van der Waals surface area (Å²) in [6.07, 6.45) is 0. The van der Waals surface area contributed by atoms with Crippen LogP contribution in [0.1, 0.15) is 34.6 Å². The van der Waals surface area contributed by atoms with Crippen LogP contribution in [0.15, 0.2) is 0 Å². The van der Waals surface area contributed by atoms with Gasteiger partial charge in [0.1, 0.15) is 12.1 Å². The standard InChI is InChI=1S/C12H20N2O4.C6H10N2O2/c1-5-13-6-7-14(11(17)10(13)16)8-9(15)18-12(2,3)4;1-2-8-4-3-7-5(9)6(8)10/h5-8H2,1-4H3;2-4H2,1H3,(H,7,9). The Bertz CT molecular complexity index is 628. The number of amides is 4. The lowest BCUT2D eigenvalue weighted by Gasteiger charge is -2.33. The quantitative estimate of drug-likeness (QED) is 0.479. The summed E-state index contributed by atoms with van der Waals surface area (Å²) in [6.45, 7) is 12.0. The van der Waals surface area contributed by atoms with Crippen LogP contribution >= 0.6 is 0 Å². The van der Waals surface area contributed by atoms with Gasteiger partial charge in [0.15, 0.2) is 0 Å². The lowest BCUT2D eigenvalue weighted by atomic mass is 10.2. The van der Waals surface area contributed by atoms with E-state index in [1.54, 1.807) is 20.8 Å². The molecular weight excluding hydrogens is 368 g/mol. The second-order valence-electron chi connectivity index (χ2n) is 7.34. The maximum atomic E-state index is 11.7. The molecule has 10 nitrogen and oxygen atoms in total. The highest BCUT2D eigenvalue weighted by atomic mass is 16.6. The molecule has 0 aromatic rings. The Labute approximate surface area is 165 Å². The second kappa shape index (κ2) is 10.0. The van der Waals surface area contributed by atoms with Gasteiger partial charge in [0.25, 0.3) is 0 Å². The first-order chi connectivity index (χ1) is 13.0. The zero-order chi connectivity index (χ0) is 21.5. The minimum absolute atomic E-state index is 0.167. The first kappa shape index (κ1) is 23.4. The topological polar surface area (TPSA) is 116 Å². The van der Waals surface area contributed by atoms with Crippen LogP contribution in [0.4, 0.5) is 0 Å². The molecule has 28 heavy (non-hydrogen) atoms. The predicted molar refractivity (Wildman–Crippen MR) is 99.9 cm³/mol. The van der Waals surface area contributed by atoms with E-state index in [2.05, 4.69) is 5.32 Å². The summed E-state index contributed by atoms with van der Waals surface area (Å²) in [6, 6.07) is 0. The van der Waals surface area contributed by atoms with Crippen molar-refractivity contribution < 1.29 is 28.7 Å². The zero-order valence-electron chi connectivity index (χ0n) is 17.2. The zero-order valence-corrected chi connectivity index (χ0v) is 17.2. The number of esters is 1. The highest BCUT2D eigenvalue weighted by Crippen LogP contribution is 2.09. The predicted octanol–water partition coefficient (Wildman–Crippen LogP) is -1.02. The Morgan fingerprint density at radius 1 is 0.893 bits per heavy atom. The molecule has 2 heterocycles. The number of ether oxygens (including phenoxy) is 1. The average molecular weight is 398 g/mol. The molecule has 4 amide bonds. The van der Waals surface area contributed by atoms with Crippen LogP contribution in [-0.4, -0.2) is 95.7 Å². The highest BCUT2D eigenvalue weighted by molar-refractivity contribution is 6.36. The number of carbonyl (C=O) groups is 5. The Kier molecular flexibility index (Phi) is 8.39. The van der Waals surface area contributed by atoms with Crippen molar-refractivity contribution in [1.82, 2.24) is 20.0 Å². The molecule has 10 heteroatoms. The third-order valence-corrected chi connectivity index (χ3v) is 4.05. The Balaban J connectivity index is 0.000000330. The van der Waals surface area contributed by atoms with Crippen molar-refractivity contribution in [3.63, 3.8) is 0 Å². The fourth-order valence-corrected chi connectivity index (χ4v) is 2.62. The molecule has 2 rings (SSSR count). The van der Waals surface area contributed by atoms with Gasteiger partial charge in [0.2, 0.25) is 0 Å². The Morgan fingerprint density at radius 3 is 1.89 bits per heavy atom. The summed E-state index contributed by atoms with van der Waals surface area (Å²) < 4.78 is 5.12. The molecule has 0 saturated carbocycles. The van der Waals surface area contributed by atoms with Gasteiger partial charge in [-0.15, -0.1) is 0 Å². The van der Waals surface area contributed by atoms with E-state index in [4.69, 9.17) is 4.74 Å². The second-order valence-corrected chi connectivity index (χ2v) is 7.34. The van der Waals surface area contributed by atoms with Crippen molar-refractivity contribution in [1.29, 1.82) is 0 Å². The fraction of sp³-hybridized carbons (Fsp3) is 0.722. The summed E-state index contributed by atoms with van der Waals surface area (Å²) in [4.78, 5) is 60.7. The highest BCUT2D eigenvalue weighted by Gasteiger charge is 2.33. The number of nitrogens with one attached hydrogen (secondary N) is 1. The number of hydrogen-bond acceptors (Lipinski definition) is 6. The summed E-state index contributed by atoms with van der Waals surface area (Å²) in [5, 5.41) is 2.47. The molecule has 0 aromatic heterocycles. The first-order valence-electron chi connectivity index (χ1n) is 9.37.